The van der Waals surface area contributed by atoms with E-state index in [4.69, 9.17) is 49.0 Å². The number of ketones is 1. The van der Waals surface area contributed by atoms with Crippen molar-refractivity contribution in [2.45, 2.75) is 0 Å². The minimum Gasteiger partial charge on any atom is -0.496 e. The second kappa shape index (κ2) is 10.5. The lowest BCUT2D eigenvalue weighted by Gasteiger charge is -2.11. The van der Waals surface area contributed by atoms with E-state index >= 15 is 0 Å². The number of halogens is 3. The summed E-state index contributed by atoms with van der Waals surface area (Å²) in [6, 6.07) is 12.5. The van der Waals surface area contributed by atoms with E-state index in [0.717, 1.165) is 0 Å². The van der Waals surface area contributed by atoms with Gasteiger partial charge in [-0.25, -0.2) is 4.79 Å². The molecule has 0 saturated heterocycles. The van der Waals surface area contributed by atoms with Gasteiger partial charge in [-0.2, -0.15) is 0 Å². The summed E-state index contributed by atoms with van der Waals surface area (Å²) in [6.07, 6.45) is 0. The Bertz CT molecular complexity index is 1240. The summed E-state index contributed by atoms with van der Waals surface area (Å²) in [6.45, 7) is 0. The summed E-state index contributed by atoms with van der Waals surface area (Å²) >= 11 is 19.1. The first-order valence-electron chi connectivity index (χ1n) is 9.33. The van der Waals surface area contributed by atoms with Crippen LogP contribution in [0, 0.1) is 0 Å². The fraction of sp³-hybridized carbons (Fsp3) is 0.130. The smallest absolute Gasteiger partial charge is 0.462 e. The molecule has 0 aliphatic heterocycles. The normalized spacial score (nSPS) is 11.0. The molecule has 0 aliphatic carbocycles. The van der Waals surface area contributed by atoms with Crippen LogP contribution in [0.1, 0.15) is 26.3 Å². The minimum absolute atomic E-state index is 0.0251. The number of rotatable bonds is 8. The molecular weight excluding hydrogens is 510 g/mol. The van der Waals surface area contributed by atoms with E-state index < -0.39 is 19.1 Å². The van der Waals surface area contributed by atoms with Crippen LogP contribution < -0.4 is 19.5 Å². The van der Waals surface area contributed by atoms with Gasteiger partial charge in [0.05, 0.1) is 31.4 Å². The summed E-state index contributed by atoms with van der Waals surface area (Å²) < 4.78 is 29.0. The van der Waals surface area contributed by atoms with Gasteiger partial charge in [-0.15, -0.1) is 0 Å². The first kappa shape index (κ1) is 25.0. The Hall–Kier alpha value is -2.63. The van der Waals surface area contributed by atoms with E-state index in [9.17, 15) is 14.2 Å². The summed E-state index contributed by atoms with van der Waals surface area (Å²) in [5.41, 5.74) is -0.525. The highest BCUT2D eigenvalue weighted by atomic mass is 35.5. The molecule has 10 heteroatoms. The van der Waals surface area contributed by atoms with Crippen molar-refractivity contribution in [3.05, 3.63) is 80.3 Å². The Labute approximate surface area is 206 Å². The number of hydrogen-bond acceptors (Lipinski definition) is 6. The van der Waals surface area contributed by atoms with Gasteiger partial charge in [-0.3, -0.25) is 4.79 Å². The lowest BCUT2D eigenvalue weighted by atomic mass is 10.0. The van der Waals surface area contributed by atoms with Crippen LogP contribution in [0.15, 0.2) is 48.5 Å². The molecule has 0 fully saturated rings. The summed E-state index contributed by atoms with van der Waals surface area (Å²) in [7, 11) is 1.27. The predicted molar refractivity (Wildman–Crippen MR) is 129 cm³/mol. The van der Waals surface area contributed by atoms with Crippen LogP contribution in [-0.2, 0) is 4.57 Å². The van der Waals surface area contributed by atoms with Gasteiger partial charge in [0.2, 0.25) is 5.30 Å². The van der Waals surface area contributed by atoms with Crippen LogP contribution in [-0.4, -0.2) is 32.6 Å². The largest absolute Gasteiger partial charge is 0.496 e. The number of ether oxygens (including phenoxy) is 3. The summed E-state index contributed by atoms with van der Waals surface area (Å²) in [5.74, 6) is 0.136. The zero-order valence-electron chi connectivity index (χ0n) is 17.6. The lowest BCUT2D eigenvalue weighted by molar-refractivity contribution is 0.103. The van der Waals surface area contributed by atoms with Crippen LogP contribution in [0.3, 0.4) is 0 Å². The van der Waals surface area contributed by atoms with Crippen LogP contribution in [0.25, 0.3) is 0 Å². The van der Waals surface area contributed by atoms with E-state index in [1.165, 1.54) is 39.5 Å². The fourth-order valence-corrected chi connectivity index (χ4v) is 5.49. The molecule has 0 aromatic heterocycles. The van der Waals surface area contributed by atoms with Gasteiger partial charge in [-0.05, 0) is 6.07 Å². The molecule has 3 rings (SSSR count). The van der Waals surface area contributed by atoms with Gasteiger partial charge < -0.3 is 14.2 Å². The molecule has 1 atom stereocenters. The Kier molecular flexibility index (Phi) is 7.98. The van der Waals surface area contributed by atoms with Crippen LogP contribution >= 0.6 is 42.6 Å². The molecule has 170 valence electrons. The summed E-state index contributed by atoms with van der Waals surface area (Å²) in [5, 5.41) is -0.725. The summed E-state index contributed by atoms with van der Waals surface area (Å²) in [4.78, 5) is 26.1. The maximum Gasteiger partial charge on any atom is 0.462 e. The van der Waals surface area contributed by atoms with Crippen molar-refractivity contribution in [3.63, 3.8) is 0 Å². The Morgan fingerprint density at radius 3 is 1.91 bits per heavy atom. The van der Waals surface area contributed by atoms with Gasteiger partial charge in [-0.1, -0.05) is 69.7 Å². The molecular formula is C23H17Cl3O6P+. The quantitative estimate of drug-likeness (QED) is 0.198. The van der Waals surface area contributed by atoms with Crippen molar-refractivity contribution in [2.75, 3.05) is 21.3 Å². The predicted octanol–water partition coefficient (Wildman–Crippen LogP) is 6.20. The molecule has 0 spiro atoms. The SMILES string of the molecule is COc1cc(OC)c(C(=O)[P+](=O)c2c(Cl)cc(C(=O)c3ccccc3)c(Cl)c2Cl)c(OC)c1. The Morgan fingerprint density at radius 1 is 0.818 bits per heavy atom. The maximum atomic E-state index is 13.3. The average molecular weight is 527 g/mol. The van der Waals surface area contributed by atoms with Crippen LogP contribution in [0.4, 0.5) is 0 Å². The third-order valence-electron chi connectivity index (χ3n) is 4.73. The van der Waals surface area contributed by atoms with E-state index in [1.54, 1.807) is 30.3 Å². The molecule has 0 bridgehead atoms. The second-order valence-corrected chi connectivity index (χ2v) is 9.19. The first-order valence-corrected chi connectivity index (χ1v) is 11.7. The highest BCUT2D eigenvalue weighted by molar-refractivity contribution is 7.72. The maximum absolute atomic E-state index is 13.3. The monoisotopic (exact) mass is 525 g/mol. The number of carbonyl (C=O) groups excluding carboxylic acids is 2. The molecule has 0 amide bonds. The molecule has 3 aromatic carbocycles. The standard InChI is InChI=1S/C23H17Cl3O6P/c1-30-13-9-16(31-2)18(17(10-13)32-3)23(28)33(29)22-15(24)11-14(19(25)20(22)26)21(27)12-7-5-4-6-8-12/h4-11H,1-3H3/q+1. The number of methoxy groups -OCH3 is 3. The van der Waals surface area contributed by atoms with Crippen molar-refractivity contribution < 1.29 is 28.4 Å². The molecule has 33 heavy (non-hydrogen) atoms. The van der Waals surface area contributed by atoms with Crippen LogP contribution in [0.2, 0.25) is 15.1 Å². The van der Waals surface area contributed by atoms with Crippen molar-refractivity contribution in [3.8, 4) is 17.2 Å². The molecule has 1 unspecified atom stereocenters. The van der Waals surface area contributed by atoms with E-state index in [1.807, 2.05) is 0 Å². The van der Waals surface area contributed by atoms with Crippen molar-refractivity contribution in [2.24, 2.45) is 0 Å². The molecule has 0 N–H and O–H groups in total. The molecule has 0 aliphatic rings. The van der Waals surface area contributed by atoms with Gasteiger partial charge in [0.15, 0.2) is 11.3 Å². The Balaban J connectivity index is 2.10. The van der Waals surface area contributed by atoms with Crippen molar-refractivity contribution >= 4 is 59.2 Å². The molecule has 6 nitrogen and oxygen atoms in total. The Morgan fingerprint density at radius 2 is 1.39 bits per heavy atom. The molecule has 0 heterocycles. The molecule has 0 saturated carbocycles. The van der Waals surface area contributed by atoms with Gasteiger partial charge in [0.25, 0.3) is 0 Å². The first-order chi connectivity index (χ1) is 15.7. The zero-order valence-corrected chi connectivity index (χ0v) is 20.8. The minimum atomic E-state index is -2.86. The topological polar surface area (TPSA) is 78.9 Å². The molecule has 3 aromatic rings. The van der Waals surface area contributed by atoms with E-state index in [-0.39, 0.29) is 43.0 Å². The van der Waals surface area contributed by atoms with Gasteiger partial charge >= 0.3 is 13.3 Å². The third-order valence-corrected chi connectivity index (χ3v) is 7.62. The van der Waals surface area contributed by atoms with Gasteiger partial charge in [0, 0.05) is 23.3 Å². The number of carbonyl (C=O) groups is 2. The van der Waals surface area contributed by atoms with Crippen LogP contribution in [0.5, 0.6) is 17.2 Å². The van der Waals surface area contributed by atoms with E-state index in [0.29, 0.717) is 11.3 Å². The van der Waals surface area contributed by atoms with Gasteiger partial charge in [0.1, 0.15) is 22.3 Å². The average Bonchev–Trinajstić information content (AvgIpc) is 2.84. The fourth-order valence-electron chi connectivity index (χ4n) is 3.10. The second-order valence-electron chi connectivity index (χ2n) is 6.58. The number of hydrogen-bond donors (Lipinski definition) is 0. The zero-order chi connectivity index (χ0) is 24.3. The molecule has 0 radical (unpaired) electrons. The third kappa shape index (κ3) is 4.85. The number of benzene rings is 3. The lowest BCUT2D eigenvalue weighted by Crippen LogP contribution is -2.13. The highest BCUT2D eigenvalue weighted by Gasteiger charge is 2.42. The van der Waals surface area contributed by atoms with E-state index in [2.05, 4.69) is 0 Å². The highest BCUT2D eigenvalue weighted by Crippen LogP contribution is 2.43. The van der Waals surface area contributed by atoms with Crippen molar-refractivity contribution in [1.29, 1.82) is 0 Å². The van der Waals surface area contributed by atoms with Crippen molar-refractivity contribution in [1.82, 2.24) is 0 Å².